The monoisotopic (exact) mass is 368 g/mol. The highest BCUT2D eigenvalue weighted by Gasteiger charge is 2.25. The summed E-state index contributed by atoms with van der Waals surface area (Å²) in [6.07, 6.45) is -0.306. The zero-order valence-electron chi connectivity index (χ0n) is 15.4. The minimum absolute atomic E-state index is 0.306. The van der Waals surface area contributed by atoms with Crippen molar-refractivity contribution in [2.75, 3.05) is 11.5 Å². The van der Waals surface area contributed by atoms with E-state index >= 15 is 0 Å². The first kappa shape index (κ1) is 16.4. The second-order valence-electron chi connectivity index (χ2n) is 6.95. The number of hydrogen-bond donors (Lipinski definition) is 2. The van der Waals surface area contributed by atoms with Gasteiger partial charge >= 0.3 is 0 Å². The Morgan fingerprint density at radius 3 is 1.79 bits per heavy atom. The van der Waals surface area contributed by atoms with Crippen LogP contribution >= 0.6 is 0 Å². The summed E-state index contributed by atoms with van der Waals surface area (Å²) in [4.78, 5) is 9.14. The molecule has 0 aliphatic rings. The van der Waals surface area contributed by atoms with E-state index in [1.54, 1.807) is 0 Å². The van der Waals surface area contributed by atoms with Gasteiger partial charge in [-0.05, 0) is 36.8 Å². The smallest absolute Gasteiger partial charge is 0.203 e. The summed E-state index contributed by atoms with van der Waals surface area (Å²) >= 11 is 0. The number of aryl methyl sites for hydroxylation is 1. The van der Waals surface area contributed by atoms with Gasteiger partial charge in [-0.1, -0.05) is 54.1 Å². The number of aromatic nitrogens is 4. The summed E-state index contributed by atoms with van der Waals surface area (Å²) in [6.45, 7) is 2.07. The van der Waals surface area contributed by atoms with Crippen molar-refractivity contribution in [2.45, 2.75) is 13.1 Å². The van der Waals surface area contributed by atoms with Crippen molar-refractivity contribution in [3.63, 3.8) is 0 Å². The van der Waals surface area contributed by atoms with Crippen molar-refractivity contribution in [1.29, 1.82) is 0 Å². The molecule has 0 saturated carbocycles. The third-order valence-electron chi connectivity index (χ3n) is 5.08. The number of anilines is 2. The quantitative estimate of drug-likeness (QED) is 0.505. The van der Waals surface area contributed by atoms with E-state index in [0.717, 1.165) is 33.2 Å². The van der Waals surface area contributed by atoms with Gasteiger partial charge in [0.1, 0.15) is 6.17 Å². The van der Waals surface area contributed by atoms with Gasteiger partial charge in [-0.2, -0.15) is 0 Å². The highest BCUT2D eigenvalue weighted by atomic mass is 15.3. The Labute approximate surface area is 162 Å². The third-order valence-corrected chi connectivity index (χ3v) is 5.08. The van der Waals surface area contributed by atoms with Crippen molar-refractivity contribution in [3.05, 3.63) is 83.9 Å². The first-order valence-corrected chi connectivity index (χ1v) is 9.15. The van der Waals surface area contributed by atoms with Crippen LogP contribution in [0.3, 0.4) is 0 Å². The summed E-state index contributed by atoms with van der Waals surface area (Å²) < 4.78 is 4.04. The van der Waals surface area contributed by atoms with Crippen molar-refractivity contribution < 1.29 is 0 Å². The lowest BCUT2D eigenvalue weighted by atomic mass is 10.1. The summed E-state index contributed by atoms with van der Waals surface area (Å²) in [6, 6.07) is 24.2. The van der Waals surface area contributed by atoms with Crippen LogP contribution < -0.4 is 11.5 Å². The zero-order valence-corrected chi connectivity index (χ0v) is 15.4. The maximum atomic E-state index is 6.41. The molecule has 0 unspecified atom stereocenters. The van der Waals surface area contributed by atoms with E-state index in [4.69, 9.17) is 11.5 Å². The molecule has 0 atom stereocenters. The average Bonchev–Trinajstić information content (AvgIpc) is 3.19. The first-order chi connectivity index (χ1) is 13.6. The van der Waals surface area contributed by atoms with Crippen molar-refractivity contribution >= 4 is 34.0 Å². The second-order valence-corrected chi connectivity index (χ2v) is 6.95. The largest absolute Gasteiger partial charge is 0.369 e. The molecule has 0 aliphatic heterocycles. The Hall–Kier alpha value is -3.80. The lowest BCUT2D eigenvalue weighted by Crippen LogP contribution is -2.22. The maximum Gasteiger partial charge on any atom is 0.203 e. The van der Waals surface area contributed by atoms with Crippen LogP contribution in [0.5, 0.6) is 0 Å². The van der Waals surface area contributed by atoms with E-state index in [1.165, 1.54) is 0 Å². The second kappa shape index (κ2) is 6.13. The van der Waals surface area contributed by atoms with Crippen molar-refractivity contribution in [3.8, 4) is 0 Å². The van der Waals surface area contributed by atoms with E-state index in [2.05, 4.69) is 35.1 Å². The summed E-state index contributed by atoms with van der Waals surface area (Å²) in [5.74, 6) is 0.870. The fourth-order valence-corrected chi connectivity index (χ4v) is 3.88. The van der Waals surface area contributed by atoms with Gasteiger partial charge in [-0.15, -0.1) is 0 Å². The van der Waals surface area contributed by atoms with E-state index in [0.29, 0.717) is 11.9 Å². The van der Waals surface area contributed by atoms with Crippen molar-refractivity contribution in [2.24, 2.45) is 0 Å². The predicted molar refractivity (Wildman–Crippen MR) is 113 cm³/mol. The number of para-hydroxylation sites is 4. The van der Waals surface area contributed by atoms with Gasteiger partial charge < -0.3 is 11.5 Å². The molecule has 6 heteroatoms. The number of fused-ring (bicyclic) bond motifs is 2. The molecule has 2 aromatic heterocycles. The minimum atomic E-state index is -0.306. The highest BCUT2D eigenvalue weighted by Crippen LogP contribution is 2.33. The van der Waals surface area contributed by atoms with E-state index in [1.807, 2.05) is 63.7 Å². The number of benzene rings is 3. The summed E-state index contributed by atoms with van der Waals surface area (Å²) in [7, 11) is 0. The minimum Gasteiger partial charge on any atom is -0.369 e. The molecule has 6 nitrogen and oxygen atoms in total. The molecule has 0 saturated heterocycles. The summed E-state index contributed by atoms with van der Waals surface area (Å²) in [5, 5.41) is 0. The highest BCUT2D eigenvalue weighted by molar-refractivity contribution is 5.81. The van der Waals surface area contributed by atoms with Gasteiger partial charge in [-0.25, -0.2) is 9.97 Å². The van der Waals surface area contributed by atoms with Gasteiger partial charge in [0.05, 0.1) is 22.1 Å². The van der Waals surface area contributed by atoms with E-state index in [9.17, 15) is 0 Å². The van der Waals surface area contributed by atoms with Crippen LogP contribution in [0.15, 0.2) is 72.8 Å². The third kappa shape index (κ3) is 2.42. The molecule has 0 amide bonds. The SMILES string of the molecule is Cc1cccc(C(n2c(N)nc3ccccc32)n2c(N)nc3ccccc32)c1. The molecule has 0 fully saturated rings. The van der Waals surface area contributed by atoms with Crippen LogP contribution in [-0.4, -0.2) is 19.1 Å². The average molecular weight is 368 g/mol. The predicted octanol–water partition coefficient (Wildman–Crippen LogP) is 3.95. The Morgan fingerprint density at radius 1 is 0.714 bits per heavy atom. The van der Waals surface area contributed by atoms with Gasteiger partial charge in [-0.3, -0.25) is 9.13 Å². The maximum absolute atomic E-state index is 6.41. The number of nitrogens with zero attached hydrogens (tertiary/aromatic N) is 4. The van der Waals surface area contributed by atoms with Gasteiger partial charge in [0.2, 0.25) is 11.9 Å². The first-order valence-electron chi connectivity index (χ1n) is 9.15. The molecule has 0 aliphatic carbocycles. The van der Waals surface area contributed by atoms with Gasteiger partial charge in [0, 0.05) is 0 Å². The number of imidazole rings is 2. The van der Waals surface area contributed by atoms with Crippen LogP contribution in [0, 0.1) is 6.92 Å². The lowest BCUT2D eigenvalue weighted by Gasteiger charge is -2.25. The Morgan fingerprint density at radius 2 is 1.25 bits per heavy atom. The molecule has 4 N–H and O–H groups in total. The molecule has 28 heavy (non-hydrogen) atoms. The van der Waals surface area contributed by atoms with Crippen LogP contribution in [0.2, 0.25) is 0 Å². The van der Waals surface area contributed by atoms with Crippen LogP contribution in [0.25, 0.3) is 22.1 Å². The molecular formula is C22H20N6. The van der Waals surface area contributed by atoms with Crippen LogP contribution in [0.4, 0.5) is 11.9 Å². The molecule has 138 valence electrons. The summed E-state index contributed by atoms with van der Waals surface area (Å²) in [5.41, 5.74) is 18.6. The number of rotatable bonds is 3. The standard InChI is InChI=1S/C22H20N6/c1-14-7-6-8-15(13-14)20(27-18-11-4-2-9-16(18)25-21(27)23)28-19-12-5-3-10-17(19)26-22(28)24/h2-13,20H,1H3,(H2,23,25)(H2,24,26). The topological polar surface area (TPSA) is 87.7 Å². The normalized spacial score (nSPS) is 11.6. The van der Waals surface area contributed by atoms with Gasteiger partial charge in [0.25, 0.3) is 0 Å². The van der Waals surface area contributed by atoms with Crippen molar-refractivity contribution in [1.82, 2.24) is 19.1 Å². The van der Waals surface area contributed by atoms with Crippen LogP contribution in [0.1, 0.15) is 17.3 Å². The number of nitrogen functional groups attached to an aromatic ring is 2. The van der Waals surface area contributed by atoms with Gasteiger partial charge in [0.15, 0.2) is 0 Å². The molecule has 0 spiro atoms. The Balaban J connectivity index is 1.88. The lowest BCUT2D eigenvalue weighted by molar-refractivity contribution is 0.540. The van der Waals surface area contributed by atoms with Crippen LogP contribution in [-0.2, 0) is 0 Å². The molecule has 0 bridgehead atoms. The molecular weight excluding hydrogens is 348 g/mol. The zero-order chi connectivity index (χ0) is 19.3. The molecule has 5 aromatic rings. The molecule has 2 heterocycles. The van der Waals surface area contributed by atoms with E-state index < -0.39 is 0 Å². The fraction of sp³-hybridized carbons (Fsp3) is 0.0909. The fourth-order valence-electron chi connectivity index (χ4n) is 3.88. The van der Waals surface area contributed by atoms with E-state index in [-0.39, 0.29) is 6.17 Å². The molecule has 0 radical (unpaired) electrons. The number of nitrogens with two attached hydrogens (primary N) is 2. The number of hydrogen-bond acceptors (Lipinski definition) is 4. The Kier molecular flexibility index (Phi) is 3.58. The Bertz CT molecular complexity index is 1230. The molecule has 5 rings (SSSR count). The molecule has 3 aromatic carbocycles.